The Kier molecular flexibility index (Phi) is 7.27. The van der Waals surface area contributed by atoms with Crippen molar-refractivity contribution >= 4 is 23.5 Å². The van der Waals surface area contributed by atoms with Gasteiger partial charge in [-0.1, -0.05) is 41.6 Å². The van der Waals surface area contributed by atoms with E-state index in [0.717, 1.165) is 46.4 Å². The molecule has 7 heteroatoms. The molecule has 0 spiro atoms. The van der Waals surface area contributed by atoms with Gasteiger partial charge in [-0.2, -0.15) is 0 Å². The first-order valence-corrected chi connectivity index (χ1v) is 11.7. The molecule has 1 aliphatic rings. The highest BCUT2D eigenvalue weighted by Crippen LogP contribution is 2.27. The standard InChI is InChI=1S/C25H28N4O2S/c1-18-8-10-22(11-9-18)32-24-13-12-23(27-28-24)29-14-4-6-20(17-29)25(30)26-16-19-5-3-7-21(15-19)31-2/h3,5,7-13,15,20H,4,6,14,16-17H2,1-2H3,(H,26,30)/t20-/m0/s1. The van der Waals surface area contributed by atoms with Gasteiger partial charge < -0.3 is 15.0 Å². The minimum Gasteiger partial charge on any atom is -0.497 e. The second-order valence-corrected chi connectivity index (χ2v) is 9.09. The first-order valence-electron chi connectivity index (χ1n) is 10.8. The van der Waals surface area contributed by atoms with Crippen molar-refractivity contribution in [2.75, 3.05) is 25.1 Å². The third-order valence-electron chi connectivity index (χ3n) is 5.59. The van der Waals surface area contributed by atoms with Crippen LogP contribution in [0.2, 0.25) is 0 Å². The summed E-state index contributed by atoms with van der Waals surface area (Å²) < 4.78 is 5.25. The Bertz CT molecular complexity index is 1040. The molecular weight excluding hydrogens is 420 g/mol. The number of aromatic nitrogens is 2. The Morgan fingerprint density at radius 2 is 2.00 bits per heavy atom. The average Bonchev–Trinajstić information content (AvgIpc) is 2.84. The van der Waals surface area contributed by atoms with Crippen molar-refractivity contribution in [3.8, 4) is 5.75 Å². The van der Waals surface area contributed by atoms with E-state index in [9.17, 15) is 4.79 Å². The number of amides is 1. The van der Waals surface area contributed by atoms with Gasteiger partial charge in [-0.25, -0.2) is 0 Å². The lowest BCUT2D eigenvalue weighted by Crippen LogP contribution is -2.43. The smallest absolute Gasteiger partial charge is 0.225 e. The second-order valence-electron chi connectivity index (χ2n) is 8.00. The number of hydrogen-bond acceptors (Lipinski definition) is 6. The minimum atomic E-state index is -0.0576. The maximum Gasteiger partial charge on any atom is 0.225 e. The van der Waals surface area contributed by atoms with Gasteiger partial charge in [-0.05, 0) is 61.7 Å². The van der Waals surface area contributed by atoms with Crippen molar-refractivity contribution in [1.82, 2.24) is 15.5 Å². The predicted molar refractivity (Wildman–Crippen MR) is 127 cm³/mol. The molecule has 32 heavy (non-hydrogen) atoms. The van der Waals surface area contributed by atoms with Gasteiger partial charge >= 0.3 is 0 Å². The number of piperidine rings is 1. The number of methoxy groups -OCH3 is 1. The molecule has 1 aromatic heterocycles. The Balaban J connectivity index is 1.32. The van der Waals surface area contributed by atoms with Crippen LogP contribution in [-0.2, 0) is 11.3 Å². The van der Waals surface area contributed by atoms with Crippen LogP contribution in [0.5, 0.6) is 5.75 Å². The SMILES string of the molecule is COc1cccc(CNC(=O)[C@H]2CCCN(c3ccc(Sc4ccc(C)cc4)nn3)C2)c1. The largest absolute Gasteiger partial charge is 0.497 e. The first-order chi connectivity index (χ1) is 15.6. The van der Waals surface area contributed by atoms with Crippen LogP contribution in [0.4, 0.5) is 5.82 Å². The summed E-state index contributed by atoms with van der Waals surface area (Å²) in [5.74, 6) is 1.64. The molecule has 0 aliphatic carbocycles. The zero-order valence-corrected chi connectivity index (χ0v) is 19.3. The molecule has 2 heterocycles. The topological polar surface area (TPSA) is 67.3 Å². The Morgan fingerprint density at radius 1 is 1.16 bits per heavy atom. The molecule has 1 N–H and O–H groups in total. The fourth-order valence-corrected chi connectivity index (χ4v) is 4.51. The van der Waals surface area contributed by atoms with Gasteiger partial charge in [0.1, 0.15) is 10.8 Å². The van der Waals surface area contributed by atoms with Gasteiger partial charge in [0.15, 0.2) is 5.82 Å². The van der Waals surface area contributed by atoms with Crippen LogP contribution in [-0.4, -0.2) is 36.3 Å². The van der Waals surface area contributed by atoms with E-state index in [-0.39, 0.29) is 11.8 Å². The molecule has 1 aliphatic heterocycles. The van der Waals surface area contributed by atoms with E-state index in [4.69, 9.17) is 4.74 Å². The minimum absolute atomic E-state index is 0.0576. The molecule has 3 aromatic rings. The number of aryl methyl sites for hydroxylation is 1. The lowest BCUT2D eigenvalue weighted by atomic mass is 9.97. The number of nitrogens with zero attached hydrogens (tertiary/aromatic N) is 3. The highest BCUT2D eigenvalue weighted by Gasteiger charge is 2.26. The van der Waals surface area contributed by atoms with Crippen LogP contribution in [0.15, 0.2) is 70.6 Å². The molecule has 1 atom stereocenters. The number of nitrogens with one attached hydrogen (secondary N) is 1. The number of carbonyl (C=O) groups is 1. The molecule has 166 valence electrons. The average molecular weight is 449 g/mol. The molecule has 4 rings (SSSR count). The number of ether oxygens (including phenoxy) is 1. The zero-order chi connectivity index (χ0) is 22.3. The van der Waals surface area contributed by atoms with Gasteiger partial charge in [0.25, 0.3) is 0 Å². The molecule has 0 radical (unpaired) electrons. The Labute approximate surface area is 193 Å². The normalized spacial score (nSPS) is 15.9. The van der Waals surface area contributed by atoms with Crippen molar-refractivity contribution in [3.05, 3.63) is 71.8 Å². The zero-order valence-electron chi connectivity index (χ0n) is 18.5. The van der Waals surface area contributed by atoms with E-state index < -0.39 is 0 Å². The summed E-state index contributed by atoms with van der Waals surface area (Å²) in [5.41, 5.74) is 2.26. The lowest BCUT2D eigenvalue weighted by Gasteiger charge is -2.32. The number of carbonyl (C=O) groups excluding carboxylic acids is 1. The summed E-state index contributed by atoms with van der Waals surface area (Å²) in [6.45, 7) is 4.12. The number of rotatable bonds is 7. The van der Waals surface area contributed by atoms with E-state index in [0.29, 0.717) is 13.1 Å². The van der Waals surface area contributed by atoms with Crippen LogP contribution >= 0.6 is 11.8 Å². The number of anilines is 1. The molecular formula is C25H28N4O2S. The van der Waals surface area contributed by atoms with E-state index in [1.54, 1.807) is 18.9 Å². The molecule has 2 aromatic carbocycles. The second kappa shape index (κ2) is 10.5. The fourth-order valence-electron chi connectivity index (χ4n) is 3.78. The van der Waals surface area contributed by atoms with Crippen molar-refractivity contribution in [1.29, 1.82) is 0 Å². The third kappa shape index (κ3) is 5.79. The lowest BCUT2D eigenvalue weighted by molar-refractivity contribution is -0.125. The molecule has 0 saturated carbocycles. The van der Waals surface area contributed by atoms with E-state index >= 15 is 0 Å². The molecule has 6 nitrogen and oxygen atoms in total. The summed E-state index contributed by atoms with van der Waals surface area (Å²) in [7, 11) is 1.64. The van der Waals surface area contributed by atoms with Gasteiger partial charge in [0, 0.05) is 24.5 Å². The summed E-state index contributed by atoms with van der Waals surface area (Å²) in [5, 5.41) is 12.8. The quantitative estimate of drug-likeness (QED) is 0.575. The van der Waals surface area contributed by atoms with Crippen LogP contribution in [0.1, 0.15) is 24.0 Å². The Morgan fingerprint density at radius 3 is 2.75 bits per heavy atom. The summed E-state index contributed by atoms with van der Waals surface area (Å²) in [4.78, 5) is 16.1. The van der Waals surface area contributed by atoms with Crippen molar-refractivity contribution in [2.24, 2.45) is 5.92 Å². The van der Waals surface area contributed by atoms with Crippen LogP contribution < -0.4 is 15.0 Å². The van der Waals surface area contributed by atoms with Crippen molar-refractivity contribution < 1.29 is 9.53 Å². The molecule has 1 saturated heterocycles. The van der Waals surface area contributed by atoms with Gasteiger partial charge in [0.05, 0.1) is 13.0 Å². The number of benzene rings is 2. The number of hydrogen-bond donors (Lipinski definition) is 1. The summed E-state index contributed by atoms with van der Waals surface area (Å²) >= 11 is 1.60. The van der Waals surface area contributed by atoms with Crippen LogP contribution in [0.25, 0.3) is 0 Å². The van der Waals surface area contributed by atoms with Crippen LogP contribution in [0.3, 0.4) is 0 Å². The first kappa shape index (κ1) is 22.1. The van der Waals surface area contributed by atoms with Crippen molar-refractivity contribution in [2.45, 2.75) is 36.2 Å². The van der Waals surface area contributed by atoms with E-state index in [2.05, 4.69) is 51.6 Å². The summed E-state index contributed by atoms with van der Waals surface area (Å²) in [6, 6.07) is 20.1. The Hall–Kier alpha value is -3.06. The van der Waals surface area contributed by atoms with E-state index in [1.807, 2.05) is 36.4 Å². The molecule has 0 bridgehead atoms. The summed E-state index contributed by atoms with van der Waals surface area (Å²) in [6.07, 6.45) is 1.84. The maximum atomic E-state index is 12.8. The van der Waals surface area contributed by atoms with Gasteiger partial charge in [-0.3, -0.25) is 4.79 Å². The third-order valence-corrected chi connectivity index (χ3v) is 6.52. The van der Waals surface area contributed by atoms with Gasteiger partial charge in [-0.15, -0.1) is 10.2 Å². The highest BCUT2D eigenvalue weighted by molar-refractivity contribution is 7.99. The van der Waals surface area contributed by atoms with E-state index in [1.165, 1.54) is 5.56 Å². The predicted octanol–water partition coefficient (Wildman–Crippen LogP) is 4.48. The van der Waals surface area contributed by atoms with Crippen LogP contribution in [0, 0.1) is 12.8 Å². The highest BCUT2D eigenvalue weighted by atomic mass is 32.2. The molecule has 0 unspecified atom stereocenters. The van der Waals surface area contributed by atoms with Gasteiger partial charge in [0.2, 0.25) is 5.91 Å². The molecule has 1 amide bonds. The van der Waals surface area contributed by atoms with Crippen molar-refractivity contribution in [3.63, 3.8) is 0 Å². The maximum absolute atomic E-state index is 12.8. The monoisotopic (exact) mass is 448 g/mol. The molecule has 1 fully saturated rings. The fraction of sp³-hybridized carbons (Fsp3) is 0.320.